The minimum atomic E-state index is 0.876. The summed E-state index contributed by atoms with van der Waals surface area (Å²) in [5, 5.41) is 1.17. The third-order valence-electron chi connectivity index (χ3n) is 2.96. The maximum atomic E-state index is 5.98. The Hall–Kier alpha value is -1.44. The number of hydrogen-bond acceptors (Lipinski definition) is 2. The standard InChI is InChI=1S/C12H15NO/c1-6-5-10-11(8(3)12(6)13)7(2)9(4)14-10/h5H,13H2,1-4H3. The van der Waals surface area contributed by atoms with E-state index in [1.165, 1.54) is 10.9 Å². The number of furan rings is 1. The van der Waals surface area contributed by atoms with Crippen molar-refractivity contribution in [3.05, 3.63) is 28.5 Å². The van der Waals surface area contributed by atoms with Crippen LogP contribution in [0.15, 0.2) is 10.5 Å². The lowest BCUT2D eigenvalue weighted by Crippen LogP contribution is -1.93. The van der Waals surface area contributed by atoms with Gasteiger partial charge in [-0.3, -0.25) is 0 Å². The van der Waals surface area contributed by atoms with Gasteiger partial charge in [0.25, 0.3) is 0 Å². The predicted octanol–water partition coefficient (Wildman–Crippen LogP) is 3.25. The first-order valence-corrected chi connectivity index (χ1v) is 4.77. The molecule has 1 aromatic heterocycles. The summed E-state index contributed by atoms with van der Waals surface area (Å²) in [5.74, 6) is 0.980. The van der Waals surface area contributed by atoms with Crippen molar-refractivity contribution in [3.63, 3.8) is 0 Å². The molecule has 74 valence electrons. The van der Waals surface area contributed by atoms with Gasteiger partial charge in [-0.25, -0.2) is 0 Å². The molecule has 0 spiro atoms. The normalized spacial score (nSPS) is 11.1. The Morgan fingerprint density at radius 2 is 1.71 bits per heavy atom. The Balaban J connectivity index is 2.99. The molecule has 0 fully saturated rings. The van der Waals surface area contributed by atoms with Crippen LogP contribution in [0.3, 0.4) is 0 Å². The summed E-state index contributed by atoms with van der Waals surface area (Å²) in [6.07, 6.45) is 0. The third-order valence-corrected chi connectivity index (χ3v) is 2.96. The molecule has 0 aliphatic heterocycles. The fourth-order valence-corrected chi connectivity index (χ4v) is 1.93. The minimum Gasteiger partial charge on any atom is -0.461 e. The van der Waals surface area contributed by atoms with E-state index in [-0.39, 0.29) is 0 Å². The molecule has 1 heterocycles. The molecule has 2 N–H and O–H groups in total. The van der Waals surface area contributed by atoms with Crippen LogP contribution in [0.2, 0.25) is 0 Å². The van der Waals surface area contributed by atoms with Gasteiger partial charge in [0.2, 0.25) is 0 Å². The molecule has 2 rings (SSSR count). The van der Waals surface area contributed by atoms with Crippen molar-refractivity contribution in [2.75, 3.05) is 5.73 Å². The van der Waals surface area contributed by atoms with Gasteiger partial charge in [0, 0.05) is 11.1 Å². The lowest BCUT2D eigenvalue weighted by atomic mass is 10.0. The van der Waals surface area contributed by atoms with E-state index in [1.807, 2.05) is 26.8 Å². The highest BCUT2D eigenvalue weighted by molar-refractivity contribution is 5.90. The zero-order chi connectivity index (χ0) is 10.5. The van der Waals surface area contributed by atoms with E-state index < -0.39 is 0 Å². The van der Waals surface area contributed by atoms with Crippen molar-refractivity contribution >= 4 is 16.7 Å². The molecule has 0 saturated carbocycles. The Morgan fingerprint density at radius 3 is 2.36 bits per heavy atom. The maximum absolute atomic E-state index is 5.98. The zero-order valence-electron chi connectivity index (χ0n) is 9.06. The maximum Gasteiger partial charge on any atom is 0.135 e. The van der Waals surface area contributed by atoms with Crippen LogP contribution in [-0.2, 0) is 0 Å². The van der Waals surface area contributed by atoms with Gasteiger partial charge in [-0.2, -0.15) is 0 Å². The quantitative estimate of drug-likeness (QED) is 0.646. The molecule has 0 saturated heterocycles. The van der Waals surface area contributed by atoms with Gasteiger partial charge in [0.05, 0.1) is 0 Å². The summed E-state index contributed by atoms with van der Waals surface area (Å²) in [7, 11) is 0. The van der Waals surface area contributed by atoms with Crippen LogP contribution < -0.4 is 5.73 Å². The molecule has 0 aliphatic rings. The monoisotopic (exact) mass is 189 g/mol. The second-order valence-corrected chi connectivity index (χ2v) is 3.89. The van der Waals surface area contributed by atoms with Gasteiger partial charge in [0.1, 0.15) is 11.3 Å². The number of fused-ring (bicyclic) bond motifs is 1. The highest BCUT2D eigenvalue weighted by Gasteiger charge is 2.12. The van der Waals surface area contributed by atoms with Crippen molar-refractivity contribution in [3.8, 4) is 0 Å². The van der Waals surface area contributed by atoms with Gasteiger partial charge in [-0.15, -0.1) is 0 Å². The van der Waals surface area contributed by atoms with Crippen LogP contribution in [-0.4, -0.2) is 0 Å². The van der Waals surface area contributed by atoms with E-state index in [4.69, 9.17) is 10.2 Å². The summed E-state index contributed by atoms with van der Waals surface area (Å²) < 4.78 is 5.66. The number of hydrogen-bond donors (Lipinski definition) is 1. The van der Waals surface area contributed by atoms with Crippen LogP contribution in [0.25, 0.3) is 11.0 Å². The average molecular weight is 189 g/mol. The highest BCUT2D eigenvalue weighted by Crippen LogP contribution is 2.32. The average Bonchev–Trinajstić information content (AvgIpc) is 2.39. The molecule has 0 atom stereocenters. The summed E-state index contributed by atoms with van der Waals surface area (Å²) in [5.41, 5.74) is 11.2. The van der Waals surface area contributed by atoms with Gasteiger partial charge in [-0.05, 0) is 50.5 Å². The molecule has 0 aliphatic carbocycles. The molecular weight excluding hydrogens is 174 g/mol. The summed E-state index contributed by atoms with van der Waals surface area (Å²) in [4.78, 5) is 0. The van der Waals surface area contributed by atoms with Gasteiger partial charge >= 0.3 is 0 Å². The van der Waals surface area contributed by atoms with Crippen LogP contribution >= 0.6 is 0 Å². The second kappa shape index (κ2) is 2.77. The molecule has 2 heteroatoms. The van der Waals surface area contributed by atoms with Crippen LogP contribution in [0.5, 0.6) is 0 Å². The first kappa shape index (κ1) is 9.13. The molecule has 1 aromatic carbocycles. The van der Waals surface area contributed by atoms with E-state index in [0.29, 0.717) is 0 Å². The summed E-state index contributed by atoms with van der Waals surface area (Å²) >= 11 is 0. The van der Waals surface area contributed by atoms with Crippen molar-refractivity contribution in [2.24, 2.45) is 0 Å². The van der Waals surface area contributed by atoms with Crippen LogP contribution in [0, 0.1) is 27.7 Å². The molecule has 0 unspecified atom stereocenters. The van der Waals surface area contributed by atoms with Gasteiger partial charge in [-0.1, -0.05) is 0 Å². The fourth-order valence-electron chi connectivity index (χ4n) is 1.93. The first-order chi connectivity index (χ1) is 6.52. The van der Waals surface area contributed by atoms with E-state index in [1.54, 1.807) is 0 Å². The molecule has 0 amide bonds. The Morgan fingerprint density at radius 1 is 1.07 bits per heavy atom. The zero-order valence-corrected chi connectivity index (χ0v) is 9.06. The minimum absolute atomic E-state index is 0.876. The number of aryl methyl sites for hydroxylation is 4. The number of nitrogen functional groups attached to an aromatic ring is 1. The third kappa shape index (κ3) is 1.03. The first-order valence-electron chi connectivity index (χ1n) is 4.77. The van der Waals surface area contributed by atoms with Crippen molar-refractivity contribution in [2.45, 2.75) is 27.7 Å². The van der Waals surface area contributed by atoms with Crippen molar-refractivity contribution in [1.82, 2.24) is 0 Å². The van der Waals surface area contributed by atoms with Gasteiger partial charge < -0.3 is 10.2 Å². The van der Waals surface area contributed by atoms with E-state index >= 15 is 0 Å². The number of benzene rings is 1. The molecule has 2 nitrogen and oxygen atoms in total. The summed E-state index contributed by atoms with van der Waals surface area (Å²) in [6.45, 7) is 8.12. The van der Waals surface area contributed by atoms with E-state index in [0.717, 1.165) is 28.2 Å². The molecule has 0 radical (unpaired) electrons. The topological polar surface area (TPSA) is 39.2 Å². The molecule has 14 heavy (non-hydrogen) atoms. The predicted molar refractivity (Wildman–Crippen MR) is 59.6 cm³/mol. The van der Waals surface area contributed by atoms with Crippen LogP contribution in [0.4, 0.5) is 5.69 Å². The van der Waals surface area contributed by atoms with E-state index in [2.05, 4.69) is 6.92 Å². The Bertz CT molecular complexity index is 509. The SMILES string of the molecule is Cc1cc2oc(C)c(C)c2c(C)c1N. The van der Waals surface area contributed by atoms with Crippen LogP contribution in [0.1, 0.15) is 22.5 Å². The smallest absolute Gasteiger partial charge is 0.135 e. The summed E-state index contributed by atoms with van der Waals surface area (Å²) in [6, 6.07) is 2.01. The number of anilines is 1. The van der Waals surface area contributed by atoms with Crippen molar-refractivity contribution < 1.29 is 4.42 Å². The van der Waals surface area contributed by atoms with E-state index in [9.17, 15) is 0 Å². The number of nitrogens with two attached hydrogens (primary N) is 1. The second-order valence-electron chi connectivity index (χ2n) is 3.89. The molecular formula is C12H15NO. The molecule has 0 bridgehead atoms. The number of rotatable bonds is 0. The van der Waals surface area contributed by atoms with Gasteiger partial charge in [0.15, 0.2) is 0 Å². The molecule has 2 aromatic rings. The highest BCUT2D eigenvalue weighted by atomic mass is 16.3. The van der Waals surface area contributed by atoms with Crippen molar-refractivity contribution in [1.29, 1.82) is 0 Å². The Kier molecular flexibility index (Phi) is 1.81. The Labute approximate surface area is 83.7 Å². The lowest BCUT2D eigenvalue weighted by molar-refractivity contribution is 0.575. The lowest BCUT2D eigenvalue weighted by Gasteiger charge is -2.05. The largest absolute Gasteiger partial charge is 0.461 e. The fraction of sp³-hybridized carbons (Fsp3) is 0.333.